The third-order valence-electron chi connectivity index (χ3n) is 1.83. The third-order valence-corrected chi connectivity index (χ3v) is 1.83. The second-order valence-corrected chi connectivity index (χ2v) is 2.99. The highest BCUT2D eigenvalue weighted by Crippen LogP contribution is 2.09. The van der Waals surface area contributed by atoms with Crippen molar-refractivity contribution in [2.75, 3.05) is 27.4 Å². The molecule has 1 N–H and O–H groups in total. The van der Waals surface area contributed by atoms with Gasteiger partial charge in [-0.25, -0.2) is 0 Å². The highest BCUT2D eigenvalue weighted by atomic mass is 16.7. The first-order valence-corrected chi connectivity index (χ1v) is 4.43. The van der Waals surface area contributed by atoms with E-state index >= 15 is 0 Å². The monoisotopic (exact) mass is 206 g/mol. The van der Waals surface area contributed by atoms with Gasteiger partial charge in [0.05, 0.1) is 6.61 Å². The number of carbonyl (C=O) groups excluding carboxylic acids is 1. The standard InChI is InChI=1S/C9H18O5/c1-7(11)14-6-8(5-10)4-9(12-2)13-3/h8-10H,4-6H2,1-3H3/t8-/m0/s1. The van der Waals surface area contributed by atoms with Gasteiger partial charge in [0.15, 0.2) is 6.29 Å². The zero-order valence-corrected chi connectivity index (χ0v) is 8.86. The molecule has 0 aromatic heterocycles. The van der Waals surface area contributed by atoms with Crippen molar-refractivity contribution in [1.82, 2.24) is 0 Å². The van der Waals surface area contributed by atoms with Gasteiger partial charge >= 0.3 is 5.97 Å². The largest absolute Gasteiger partial charge is 0.465 e. The summed E-state index contributed by atoms with van der Waals surface area (Å²) < 4.78 is 14.7. The first kappa shape index (κ1) is 13.4. The summed E-state index contributed by atoms with van der Waals surface area (Å²) in [7, 11) is 3.04. The lowest BCUT2D eigenvalue weighted by Gasteiger charge is -2.19. The Morgan fingerprint density at radius 3 is 2.29 bits per heavy atom. The maximum Gasteiger partial charge on any atom is 0.302 e. The summed E-state index contributed by atoms with van der Waals surface area (Å²) in [6, 6.07) is 0. The molecular weight excluding hydrogens is 188 g/mol. The van der Waals surface area contributed by atoms with E-state index in [9.17, 15) is 4.79 Å². The van der Waals surface area contributed by atoms with Crippen molar-refractivity contribution >= 4 is 5.97 Å². The van der Waals surface area contributed by atoms with Gasteiger partial charge < -0.3 is 19.3 Å². The highest BCUT2D eigenvalue weighted by molar-refractivity contribution is 5.65. The minimum Gasteiger partial charge on any atom is -0.465 e. The fourth-order valence-corrected chi connectivity index (χ4v) is 0.991. The summed E-state index contributed by atoms with van der Waals surface area (Å²) in [5.41, 5.74) is 0. The van der Waals surface area contributed by atoms with E-state index < -0.39 is 0 Å². The second kappa shape index (κ2) is 7.73. The minimum absolute atomic E-state index is 0.0590. The van der Waals surface area contributed by atoms with Gasteiger partial charge in [0, 0.05) is 40.1 Å². The van der Waals surface area contributed by atoms with Crippen LogP contribution < -0.4 is 0 Å². The summed E-state index contributed by atoms with van der Waals surface area (Å²) >= 11 is 0. The van der Waals surface area contributed by atoms with Crippen molar-refractivity contribution in [3.8, 4) is 0 Å². The number of ether oxygens (including phenoxy) is 3. The summed E-state index contributed by atoms with van der Waals surface area (Å²) in [5, 5.41) is 8.98. The van der Waals surface area contributed by atoms with Gasteiger partial charge in [-0.3, -0.25) is 4.79 Å². The number of hydrogen-bond donors (Lipinski definition) is 1. The van der Waals surface area contributed by atoms with Crippen LogP contribution in [0, 0.1) is 5.92 Å². The van der Waals surface area contributed by atoms with Crippen molar-refractivity contribution in [3.05, 3.63) is 0 Å². The Labute approximate surface area is 84.0 Å². The minimum atomic E-state index is -0.372. The van der Waals surface area contributed by atoms with E-state index in [1.165, 1.54) is 21.1 Å². The number of methoxy groups -OCH3 is 2. The molecule has 0 amide bonds. The molecule has 0 aliphatic rings. The van der Waals surface area contributed by atoms with Gasteiger partial charge in [0.25, 0.3) is 0 Å². The molecule has 0 fully saturated rings. The predicted molar refractivity (Wildman–Crippen MR) is 49.6 cm³/mol. The zero-order chi connectivity index (χ0) is 11.0. The molecule has 14 heavy (non-hydrogen) atoms. The molecule has 0 heterocycles. The van der Waals surface area contributed by atoms with Crippen LogP contribution in [-0.4, -0.2) is 44.8 Å². The molecule has 1 atom stereocenters. The molecule has 0 saturated heterocycles. The van der Waals surface area contributed by atoms with Crippen molar-refractivity contribution in [2.24, 2.45) is 5.92 Å². The normalized spacial score (nSPS) is 12.9. The van der Waals surface area contributed by atoms with Crippen molar-refractivity contribution in [3.63, 3.8) is 0 Å². The van der Waals surface area contributed by atoms with E-state index in [0.717, 1.165) is 0 Å². The lowest BCUT2D eigenvalue weighted by Crippen LogP contribution is -2.24. The second-order valence-electron chi connectivity index (χ2n) is 2.99. The fraction of sp³-hybridized carbons (Fsp3) is 0.889. The average molecular weight is 206 g/mol. The molecule has 0 bridgehead atoms. The van der Waals surface area contributed by atoms with E-state index in [2.05, 4.69) is 0 Å². The lowest BCUT2D eigenvalue weighted by atomic mass is 10.1. The van der Waals surface area contributed by atoms with E-state index in [1.54, 1.807) is 0 Å². The van der Waals surface area contributed by atoms with Gasteiger partial charge in [-0.2, -0.15) is 0 Å². The van der Waals surface area contributed by atoms with Gasteiger partial charge in [-0.15, -0.1) is 0 Å². The Hall–Kier alpha value is -0.650. The molecule has 0 rings (SSSR count). The molecule has 0 aromatic carbocycles. The van der Waals surface area contributed by atoms with Crippen LogP contribution >= 0.6 is 0 Å². The van der Waals surface area contributed by atoms with Crippen LogP contribution in [0.5, 0.6) is 0 Å². The van der Waals surface area contributed by atoms with Crippen LogP contribution in [0.15, 0.2) is 0 Å². The number of rotatable bonds is 7. The number of carbonyl (C=O) groups is 1. The number of esters is 1. The summed E-state index contributed by atoms with van der Waals surface area (Å²) in [4.78, 5) is 10.5. The van der Waals surface area contributed by atoms with Crippen LogP contribution in [0.4, 0.5) is 0 Å². The molecule has 0 aliphatic carbocycles. The smallest absolute Gasteiger partial charge is 0.302 e. The van der Waals surface area contributed by atoms with Gasteiger partial charge in [-0.05, 0) is 0 Å². The van der Waals surface area contributed by atoms with Crippen LogP contribution in [0.3, 0.4) is 0 Å². The van der Waals surface area contributed by atoms with Crippen molar-refractivity contribution < 1.29 is 24.1 Å². The molecule has 0 aliphatic heterocycles. The van der Waals surface area contributed by atoms with Gasteiger partial charge in [0.1, 0.15) is 0 Å². The number of aliphatic hydroxyl groups excluding tert-OH is 1. The Bertz CT molecular complexity index is 155. The third kappa shape index (κ3) is 5.90. The first-order chi connectivity index (χ1) is 6.63. The molecule has 0 radical (unpaired) electrons. The quantitative estimate of drug-likeness (QED) is 0.475. The van der Waals surface area contributed by atoms with Crippen LogP contribution in [0.2, 0.25) is 0 Å². The molecule has 0 aromatic rings. The summed E-state index contributed by atoms with van der Waals surface area (Å²) in [6.45, 7) is 1.46. The van der Waals surface area contributed by atoms with E-state index in [1.807, 2.05) is 0 Å². The first-order valence-electron chi connectivity index (χ1n) is 4.43. The summed E-state index contributed by atoms with van der Waals surface area (Å²) in [6.07, 6.45) is 0.124. The average Bonchev–Trinajstić information content (AvgIpc) is 2.18. The van der Waals surface area contributed by atoms with Gasteiger partial charge in [0.2, 0.25) is 0 Å². The fourth-order valence-electron chi connectivity index (χ4n) is 0.991. The number of hydrogen-bond acceptors (Lipinski definition) is 5. The van der Waals surface area contributed by atoms with Crippen molar-refractivity contribution in [2.45, 2.75) is 19.6 Å². The SMILES string of the molecule is COC(C[C@@H](CO)COC(C)=O)OC. The Morgan fingerprint density at radius 2 is 1.93 bits per heavy atom. The molecule has 5 heteroatoms. The van der Waals surface area contributed by atoms with E-state index in [-0.39, 0.29) is 31.4 Å². The van der Waals surface area contributed by atoms with Crippen LogP contribution in [-0.2, 0) is 19.0 Å². The molecule has 84 valence electrons. The highest BCUT2D eigenvalue weighted by Gasteiger charge is 2.16. The van der Waals surface area contributed by atoms with E-state index in [0.29, 0.717) is 6.42 Å². The Balaban J connectivity index is 3.82. The predicted octanol–water partition coefficient (Wildman–Crippen LogP) is 0.167. The molecular formula is C9H18O5. The molecule has 5 nitrogen and oxygen atoms in total. The van der Waals surface area contributed by atoms with Gasteiger partial charge in [-0.1, -0.05) is 0 Å². The molecule has 0 saturated carbocycles. The zero-order valence-electron chi connectivity index (χ0n) is 8.86. The van der Waals surface area contributed by atoms with Crippen LogP contribution in [0.1, 0.15) is 13.3 Å². The topological polar surface area (TPSA) is 65.0 Å². The molecule has 0 spiro atoms. The van der Waals surface area contributed by atoms with E-state index in [4.69, 9.17) is 19.3 Å². The maximum atomic E-state index is 10.5. The Kier molecular flexibility index (Phi) is 7.37. The number of aliphatic hydroxyl groups is 1. The lowest BCUT2D eigenvalue weighted by molar-refractivity contribution is -0.147. The summed E-state index contributed by atoms with van der Waals surface area (Å²) in [5.74, 6) is -0.501. The maximum absolute atomic E-state index is 10.5. The van der Waals surface area contributed by atoms with Crippen molar-refractivity contribution in [1.29, 1.82) is 0 Å². The Morgan fingerprint density at radius 1 is 1.36 bits per heavy atom. The molecule has 0 unspecified atom stereocenters. The van der Waals surface area contributed by atoms with Crippen LogP contribution in [0.25, 0.3) is 0 Å².